The van der Waals surface area contributed by atoms with E-state index in [0.29, 0.717) is 42.5 Å². The fourth-order valence-electron chi connectivity index (χ4n) is 3.44. The minimum absolute atomic E-state index is 0.139. The molecule has 1 aliphatic heterocycles. The Morgan fingerprint density at radius 2 is 1.82 bits per heavy atom. The highest BCUT2D eigenvalue weighted by atomic mass is 35.5. The Labute approximate surface area is 170 Å². The van der Waals surface area contributed by atoms with Gasteiger partial charge in [0, 0.05) is 18.1 Å². The summed E-state index contributed by atoms with van der Waals surface area (Å²) in [5.74, 6) is 0.0503. The maximum Gasteiger partial charge on any atom is 0.257 e. The summed E-state index contributed by atoms with van der Waals surface area (Å²) in [6.07, 6.45) is 2.43. The molecular weight excluding hydrogens is 376 g/mol. The number of amides is 2. The zero-order valence-electron chi connectivity index (χ0n) is 16.0. The van der Waals surface area contributed by atoms with Crippen molar-refractivity contribution < 1.29 is 14.3 Å². The molecule has 3 rings (SSSR count). The van der Waals surface area contributed by atoms with Gasteiger partial charge in [-0.2, -0.15) is 0 Å². The minimum Gasteiger partial charge on any atom is -0.493 e. The number of ether oxygens (including phenoxy) is 1. The van der Waals surface area contributed by atoms with Crippen LogP contribution in [-0.2, 0) is 11.2 Å². The van der Waals surface area contributed by atoms with Gasteiger partial charge in [0.05, 0.1) is 17.6 Å². The van der Waals surface area contributed by atoms with Crippen molar-refractivity contribution in [3.8, 4) is 5.75 Å². The first-order valence-electron chi connectivity index (χ1n) is 9.50. The Balaban J connectivity index is 1.70. The van der Waals surface area contributed by atoms with E-state index in [2.05, 4.69) is 6.92 Å². The second-order valence-electron chi connectivity index (χ2n) is 7.31. The van der Waals surface area contributed by atoms with Gasteiger partial charge in [-0.05, 0) is 42.7 Å². The van der Waals surface area contributed by atoms with Gasteiger partial charge in [0.15, 0.2) is 0 Å². The summed E-state index contributed by atoms with van der Waals surface area (Å²) in [5.41, 5.74) is 6.43. The second kappa shape index (κ2) is 8.65. The summed E-state index contributed by atoms with van der Waals surface area (Å²) < 4.78 is 5.77. The molecule has 0 bridgehead atoms. The van der Waals surface area contributed by atoms with Crippen molar-refractivity contribution in [2.24, 2.45) is 11.1 Å². The number of likely N-dealkylation sites (tertiary alicyclic amines) is 1. The van der Waals surface area contributed by atoms with Crippen molar-refractivity contribution in [1.82, 2.24) is 4.90 Å². The van der Waals surface area contributed by atoms with Gasteiger partial charge >= 0.3 is 0 Å². The summed E-state index contributed by atoms with van der Waals surface area (Å²) in [5, 5.41) is 0.641. The number of carbonyl (C=O) groups is 2. The van der Waals surface area contributed by atoms with Crippen LogP contribution in [0.25, 0.3) is 0 Å². The Morgan fingerprint density at radius 3 is 2.46 bits per heavy atom. The third kappa shape index (κ3) is 4.30. The molecule has 0 saturated carbocycles. The molecule has 28 heavy (non-hydrogen) atoms. The molecule has 0 unspecified atom stereocenters. The summed E-state index contributed by atoms with van der Waals surface area (Å²) >= 11 is 5.93. The number of unbranched alkanes of at least 4 members (excludes halogenated alkanes) is 1. The first kappa shape index (κ1) is 20.2. The van der Waals surface area contributed by atoms with Crippen LogP contribution in [0.15, 0.2) is 48.5 Å². The standard InChI is InChI=1S/C22H25ClN2O3/c1-2-3-12-28-19-7-5-4-6-18(19)20(26)25-14-22(15-25,21(24)27)13-16-8-10-17(23)11-9-16/h4-11H,2-3,12-15H2,1H3,(H2,24,27). The van der Waals surface area contributed by atoms with Gasteiger partial charge in [0.25, 0.3) is 5.91 Å². The van der Waals surface area contributed by atoms with E-state index in [-0.39, 0.29) is 11.8 Å². The van der Waals surface area contributed by atoms with Gasteiger partial charge in [-0.15, -0.1) is 0 Å². The lowest BCUT2D eigenvalue weighted by Gasteiger charge is -2.48. The van der Waals surface area contributed by atoms with Gasteiger partial charge in [0.1, 0.15) is 5.75 Å². The topological polar surface area (TPSA) is 72.6 Å². The Hall–Kier alpha value is -2.53. The molecule has 1 fully saturated rings. The smallest absolute Gasteiger partial charge is 0.257 e. The maximum absolute atomic E-state index is 13.0. The maximum atomic E-state index is 13.0. The number of benzene rings is 2. The molecule has 0 aliphatic carbocycles. The van der Waals surface area contributed by atoms with E-state index in [1.165, 1.54) is 0 Å². The van der Waals surface area contributed by atoms with Gasteiger partial charge < -0.3 is 15.4 Å². The monoisotopic (exact) mass is 400 g/mol. The van der Waals surface area contributed by atoms with E-state index in [1.54, 1.807) is 29.2 Å². The number of carbonyl (C=O) groups excluding carboxylic acids is 2. The predicted molar refractivity (Wildman–Crippen MR) is 110 cm³/mol. The van der Waals surface area contributed by atoms with Gasteiger partial charge in [-0.1, -0.05) is 49.2 Å². The molecule has 2 aromatic carbocycles. The Morgan fingerprint density at radius 1 is 1.14 bits per heavy atom. The third-order valence-corrected chi connectivity index (χ3v) is 5.38. The number of para-hydroxylation sites is 1. The van der Waals surface area contributed by atoms with Crippen LogP contribution in [0, 0.1) is 5.41 Å². The van der Waals surface area contributed by atoms with Gasteiger partial charge in [-0.25, -0.2) is 0 Å². The van der Waals surface area contributed by atoms with Gasteiger partial charge in [-0.3, -0.25) is 9.59 Å². The van der Waals surface area contributed by atoms with Gasteiger partial charge in [0.2, 0.25) is 5.91 Å². The van der Waals surface area contributed by atoms with Crippen molar-refractivity contribution in [1.29, 1.82) is 0 Å². The molecular formula is C22H25ClN2O3. The summed E-state index contributed by atoms with van der Waals surface area (Å²) in [4.78, 5) is 26.8. The van der Waals surface area contributed by atoms with Crippen LogP contribution in [0.5, 0.6) is 5.75 Å². The highest BCUT2D eigenvalue weighted by Gasteiger charge is 2.50. The van der Waals surface area contributed by atoms with E-state index < -0.39 is 5.41 Å². The van der Waals surface area contributed by atoms with E-state index in [1.807, 2.05) is 24.3 Å². The normalized spacial score (nSPS) is 15.0. The molecule has 0 aromatic heterocycles. The zero-order chi connectivity index (χ0) is 20.1. The molecule has 1 heterocycles. The predicted octanol–water partition coefficient (Wildman–Crippen LogP) is 3.69. The van der Waals surface area contributed by atoms with Crippen LogP contribution in [0.2, 0.25) is 5.02 Å². The van der Waals surface area contributed by atoms with E-state index in [9.17, 15) is 9.59 Å². The van der Waals surface area contributed by atoms with E-state index >= 15 is 0 Å². The number of halogens is 1. The molecule has 6 heteroatoms. The molecule has 5 nitrogen and oxygen atoms in total. The number of primary amides is 1. The minimum atomic E-state index is -0.749. The average Bonchev–Trinajstić information content (AvgIpc) is 2.66. The fraction of sp³-hybridized carbons (Fsp3) is 0.364. The van der Waals surface area contributed by atoms with Crippen molar-refractivity contribution in [2.75, 3.05) is 19.7 Å². The summed E-state index contributed by atoms with van der Waals surface area (Å²) in [6, 6.07) is 14.6. The van der Waals surface area contributed by atoms with Crippen molar-refractivity contribution in [3.63, 3.8) is 0 Å². The van der Waals surface area contributed by atoms with Crippen LogP contribution in [0.1, 0.15) is 35.7 Å². The summed E-state index contributed by atoms with van der Waals surface area (Å²) in [6.45, 7) is 3.26. The molecule has 0 radical (unpaired) electrons. The van der Waals surface area contributed by atoms with E-state index in [0.717, 1.165) is 18.4 Å². The number of nitrogens with two attached hydrogens (primary N) is 1. The van der Waals surface area contributed by atoms with Crippen LogP contribution >= 0.6 is 11.6 Å². The number of rotatable bonds is 8. The van der Waals surface area contributed by atoms with Crippen LogP contribution in [0.4, 0.5) is 0 Å². The first-order valence-corrected chi connectivity index (χ1v) is 9.88. The highest BCUT2D eigenvalue weighted by Crippen LogP contribution is 2.36. The quantitative estimate of drug-likeness (QED) is 0.687. The number of hydrogen-bond acceptors (Lipinski definition) is 3. The third-order valence-electron chi connectivity index (χ3n) is 5.13. The van der Waals surface area contributed by atoms with Crippen LogP contribution < -0.4 is 10.5 Å². The fourth-order valence-corrected chi connectivity index (χ4v) is 3.57. The lowest BCUT2D eigenvalue weighted by atomic mass is 9.74. The zero-order valence-corrected chi connectivity index (χ0v) is 16.7. The molecule has 0 atom stereocenters. The summed E-state index contributed by atoms with van der Waals surface area (Å²) in [7, 11) is 0. The number of hydrogen-bond donors (Lipinski definition) is 1. The van der Waals surface area contributed by atoms with E-state index in [4.69, 9.17) is 22.1 Å². The van der Waals surface area contributed by atoms with Crippen molar-refractivity contribution in [3.05, 3.63) is 64.7 Å². The molecule has 2 N–H and O–H groups in total. The van der Waals surface area contributed by atoms with Crippen LogP contribution in [-0.4, -0.2) is 36.4 Å². The molecule has 1 saturated heterocycles. The Kier molecular flexibility index (Phi) is 6.25. The Bertz CT molecular complexity index is 845. The second-order valence-corrected chi connectivity index (χ2v) is 7.74. The molecule has 1 aliphatic rings. The first-order chi connectivity index (χ1) is 13.4. The molecule has 0 spiro atoms. The van der Waals surface area contributed by atoms with Crippen molar-refractivity contribution in [2.45, 2.75) is 26.2 Å². The molecule has 148 valence electrons. The van der Waals surface area contributed by atoms with Crippen molar-refractivity contribution >= 4 is 23.4 Å². The lowest BCUT2D eigenvalue weighted by Crippen LogP contribution is -2.64. The molecule has 2 amide bonds. The molecule has 2 aromatic rings. The lowest BCUT2D eigenvalue weighted by molar-refractivity contribution is -0.135. The average molecular weight is 401 g/mol. The highest BCUT2D eigenvalue weighted by molar-refractivity contribution is 6.30. The SMILES string of the molecule is CCCCOc1ccccc1C(=O)N1CC(Cc2ccc(Cl)cc2)(C(N)=O)C1. The largest absolute Gasteiger partial charge is 0.493 e. The van der Waals surface area contributed by atoms with Crippen LogP contribution in [0.3, 0.4) is 0 Å². The number of nitrogens with zero attached hydrogens (tertiary/aromatic N) is 1.